The van der Waals surface area contributed by atoms with Crippen molar-refractivity contribution in [3.8, 4) is 5.06 Å². The van der Waals surface area contributed by atoms with Gasteiger partial charge in [0.2, 0.25) is 0 Å². The molecule has 0 saturated carbocycles. The molecule has 4 heteroatoms. The van der Waals surface area contributed by atoms with Gasteiger partial charge in [0.15, 0.2) is 5.06 Å². The third kappa shape index (κ3) is 0.657. The van der Waals surface area contributed by atoms with Crippen molar-refractivity contribution in [2.75, 3.05) is 5.73 Å². The summed E-state index contributed by atoms with van der Waals surface area (Å²) in [5.74, 6) is 0.640. The average molecular weight is 154 g/mol. The van der Waals surface area contributed by atoms with Gasteiger partial charge < -0.3 is 15.8 Å². The summed E-state index contributed by atoms with van der Waals surface area (Å²) in [7, 11) is 0. The summed E-state index contributed by atoms with van der Waals surface area (Å²) in [5, 5.41) is 9.31. The molecule has 0 aliphatic carbocycles. The van der Waals surface area contributed by atoms with Crippen LogP contribution in [0.15, 0.2) is 12.1 Å². The molecule has 0 atom stereocenters. The first-order chi connectivity index (χ1) is 4.75. The van der Waals surface area contributed by atoms with Gasteiger partial charge in [0.05, 0.1) is 10.2 Å². The number of thiophene rings is 1. The third-order valence-electron chi connectivity index (χ3n) is 1.31. The van der Waals surface area contributed by atoms with Crippen molar-refractivity contribution in [1.29, 1.82) is 0 Å². The van der Waals surface area contributed by atoms with E-state index in [2.05, 4.69) is 4.98 Å². The number of fused-ring (bicyclic) bond motifs is 1. The molecule has 0 fully saturated rings. The lowest BCUT2D eigenvalue weighted by Crippen LogP contribution is -1.80. The number of hydrogen-bond donors (Lipinski definition) is 3. The zero-order valence-electron chi connectivity index (χ0n) is 5.09. The molecule has 4 N–H and O–H groups in total. The van der Waals surface area contributed by atoms with E-state index in [4.69, 9.17) is 10.8 Å². The minimum Gasteiger partial charge on any atom is -0.499 e. The maximum atomic E-state index is 8.99. The van der Waals surface area contributed by atoms with Crippen LogP contribution >= 0.6 is 11.3 Å². The van der Waals surface area contributed by atoms with E-state index < -0.39 is 0 Å². The second-order valence-corrected chi connectivity index (χ2v) is 3.15. The van der Waals surface area contributed by atoms with Crippen molar-refractivity contribution in [3.63, 3.8) is 0 Å². The van der Waals surface area contributed by atoms with E-state index in [-0.39, 0.29) is 0 Å². The minimum absolute atomic E-state index is 0.321. The number of aromatic nitrogens is 1. The number of nitrogens with two attached hydrogens (primary N) is 1. The van der Waals surface area contributed by atoms with E-state index in [0.29, 0.717) is 10.9 Å². The molecule has 0 amide bonds. The summed E-state index contributed by atoms with van der Waals surface area (Å²) in [6.07, 6.45) is 0. The highest BCUT2D eigenvalue weighted by Gasteiger charge is 2.01. The van der Waals surface area contributed by atoms with Crippen LogP contribution in [0.1, 0.15) is 0 Å². The molecule has 0 saturated heterocycles. The molecule has 0 unspecified atom stereocenters. The van der Waals surface area contributed by atoms with E-state index in [1.165, 1.54) is 11.3 Å². The Hall–Kier alpha value is -1.16. The van der Waals surface area contributed by atoms with E-state index in [9.17, 15) is 0 Å². The van der Waals surface area contributed by atoms with Crippen LogP contribution in [0, 0.1) is 0 Å². The Morgan fingerprint density at radius 3 is 3.00 bits per heavy atom. The lowest BCUT2D eigenvalue weighted by Gasteiger charge is -1.78. The van der Waals surface area contributed by atoms with Crippen molar-refractivity contribution in [2.24, 2.45) is 0 Å². The normalized spacial score (nSPS) is 10.8. The Labute approximate surface area is 61.1 Å². The first-order valence-corrected chi connectivity index (χ1v) is 3.64. The highest BCUT2D eigenvalue weighted by atomic mass is 32.1. The molecule has 10 heavy (non-hydrogen) atoms. The Bertz CT molecular complexity index is 300. The number of hydrogen-bond acceptors (Lipinski definition) is 3. The number of rotatable bonds is 0. The third-order valence-corrected chi connectivity index (χ3v) is 2.20. The van der Waals surface area contributed by atoms with Crippen LogP contribution in [0.3, 0.4) is 0 Å². The van der Waals surface area contributed by atoms with Gasteiger partial charge in [-0.25, -0.2) is 0 Å². The van der Waals surface area contributed by atoms with Gasteiger partial charge >= 0.3 is 0 Å². The van der Waals surface area contributed by atoms with Crippen LogP contribution in [0.25, 0.3) is 10.2 Å². The number of H-pyrrole nitrogens is 1. The smallest absolute Gasteiger partial charge is 0.173 e. The second kappa shape index (κ2) is 1.67. The number of aromatic amines is 1. The highest BCUT2D eigenvalue weighted by Crippen LogP contribution is 2.31. The quantitative estimate of drug-likeness (QED) is 0.538. The lowest BCUT2D eigenvalue weighted by molar-refractivity contribution is 0.491. The molecule has 0 aromatic carbocycles. The molecule has 2 aromatic heterocycles. The van der Waals surface area contributed by atoms with Gasteiger partial charge in [-0.1, -0.05) is 11.3 Å². The Kier molecular flexibility index (Phi) is 0.935. The second-order valence-electron chi connectivity index (χ2n) is 2.09. The molecule has 2 heterocycles. The first-order valence-electron chi connectivity index (χ1n) is 2.83. The number of nitrogens with one attached hydrogen (secondary N) is 1. The van der Waals surface area contributed by atoms with Crippen LogP contribution in [-0.4, -0.2) is 10.1 Å². The van der Waals surface area contributed by atoms with Crippen LogP contribution < -0.4 is 5.73 Å². The highest BCUT2D eigenvalue weighted by molar-refractivity contribution is 7.20. The van der Waals surface area contributed by atoms with Gasteiger partial charge in [0, 0.05) is 6.07 Å². The maximum Gasteiger partial charge on any atom is 0.173 e. The molecule has 0 aliphatic rings. The van der Waals surface area contributed by atoms with Crippen LogP contribution in [0.2, 0.25) is 0 Å². The number of nitrogen functional groups attached to an aromatic ring is 1. The van der Waals surface area contributed by atoms with Gasteiger partial charge in [0.25, 0.3) is 0 Å². The Morgan fingerprint density at radius 1 is 1.50 bits per heavy atom. The molecule has 2 rings (SSSR count). The monoisotopic (exact) mass is 154 g/mol. The largest absolute Gasteiger partial charge is 0.499 e. The van der Waals surface area contributed by atoms with Crippen molar-refractivity contribution < 1.29 is 5.11 Å². The fourth-order valence-electron chi connectivity index (χ4n) is 0.929. The molecule has 0 spiro atoms. The number of anilines is 1. The molecular formula is C6H6N2OS. The average Bonchev–Trinajstić information content (AvgIpc) is 2.21. The summed E-state index contributed by atoms with van der Waals surface area (Å²) in [6, 6.07) is 3.47. The molecule has 3 nitrogen and oxygen atoms in total. The van der Waals surface area contributed by atoms with Crippen LogP contribution in [0.5, 0.6) is 5.06 Å². The molecule has 52 valence electrons. The predicted octanol–water partition coefficient (Wildman–Crippen LogP) is 1.52. The summed E-state index contributed by atoms with van der Waals surface area (Å²) >= 11 is 1.32. The van der Waals surface area contributed by atoms with E-state index in [0.717, 1.165) is 10.2 Å². The van der Waals surface area contributed by atoms with Gasteiger partial charge in [-0.3, -0.25) is 0 Å². The zero-order chi connectivity index (χ0) is 7.14. The van der Waals surface area contributed by atoms with Crippen molar-refractivity contribution in [2.45, 2.75) is 0 Å². The van der Waals surface area contributed by atoms with Crippen molar-refractivity contribution >= 4 is 27.4 Å². The van der Waals surface area contributed by atoms with Gasteiger partial charge in [-0.05, 0) is 6.07 Å². The van der Waals surface area contributed by atoms with Crippen molar-refractivity contribution in [3.05, 3.63) is 12.1 Å². The molecular weight excluding hydrogens is 148 g/mol. The molecule has 0 radical (unpaired) electrons. The zero-order valence-corrected chi connectivity index (χ0v) is 5.90. The Morgan fingerprint density at radius 2 is 2.30 bits per heavy atom. The maximum absolute atomic E-state index is 8.99. The van der Waals surface area contributed by atoms with E-state index >= 15 is 0 Å². The fourth-order valence-corrected chi connectivity index (χ4v) is 1.74. The minimum atomic E-state index is 0.321. The number of aromatic hydroxyl groups is 1. The molecule has 0 bridgehead atoms. The SMILES string of the molecule is Nc1cc2sc(O)cc2[nH]1. The molecule has 2 aromatic rings. The van der Waals surface area contributed by atoms with Gasteiger partial charge in [-0.2, -0.15) is 0 Å². The van der Waals surface area contributed by atoms with Crippen LogP contribution in [-0.2, 0) is 0 Å². The van der Waals surface area contributed by atoms with Gasteiger partial charge in [0.1, 0.15) is 5.82 Å². The Balaban J connectivity index is 2.83. The first kappa shape index (κ1) is 5.61. The van der Waals surface area contributed by atoms with Gasteiger partial charge in [-0.15, -0.1) is 0 Å². The summed E-state index contributed by atoms with van der Waals surface area (Å²) in [4.78, 5) is 2.91. The van der Waals surface area contributed by atoms with E-state index in [1.807, 2.05) is 0 Å². The summed E-state index contributed by atoms with van der Waals surface area (Å²) < 4.78 is 0.995. The van der Waals surface area contributed by atoms with Crippen molar-refractivity contribution in [1.82, 2.24) is 4.98 Å². The van der Waals surface area contributed by atoms with E-state index in [1.54, 1.807) is 12.1 Å². The predicted molar refractivity (Wildman–Crippen MR) is 42.3 cm³/mol. The summed E-state index contributed by atoms with van der Waals surface area (Å²) in [5.41, 5.74) is 6.36. The summed E-state index contributed by atoms with van der Waals surface area (Å²) in [6.45, 7) is 0. The van der Waals surface area contributed by atoms with Crippen LogP contribution in [0.4, 0.5) is 5.82 Å². The fraction of sp³-hybridized carbons (Fsp3) is 0. The lowest BCUT2D eigenvalue weighted by atomic mass is 10.5. The molecule has 0 aliphatic heterocycles. The standard InChI is InChI=1S/C6H6N2OS/c7-5-2-4-3(8-5)1-6(9)10-4/h1-2,8-9H,7H2. The topological polar surface area (TPSA) is 62.0 Å².